The van der Waals surface area contributed by atoms with Gasteiger partial charge in [-0.2, -0.15) is 0 Å². The van der Waals surface area contributed by atoms with Gasteiger partial charge in [0.2, 0.25) is 0 Å². The normalized spacial score (nSPS) is 24.6. The number of hydrogen-bond donors (Lipinski definition) is 2. The van der Waals surface area contributed by atoms with Gasteiger partial charge in [-0.1, -0.05) is 42.8 Å². The van der Waals surface area contributed by atoms with Crippen LogP contribution in [-0.4, -0.2) is 11.2 Å². The van der Waals surface area contributed by atoms with E-state index in [0.29, 0.717) is 11.2 Å². The average molecular weight is 337 g/mol. The zero-order valence-corrected chi connectivity index (χ0v) is 14.5. The highest BCUT2D eigenvalue weighted by molar-refractivity contribution is 7.80. The Balaban J connectivity index is 1.48. The number of benzene rings is 2. The van der Waals surface area contributed by atoms with Gasteiger partial charge in [0.05, 0.1) is 11.4 Å². The van der Waals surface area contributed by atoms with Crippen LogP contribution in [0.5, 0.6) is 0 Å². The zero-order chi connectivity index (χ0) is 16.4. The van der Waals surface area contributed by atoms with Crippen LogP contribution in [0.25, 0.3) is 0 Å². The van der Waals surface area contributed by atoms with Gasteiger partial charge in [0.25, 0.3) is 0 Å². The highest BCUT2D eigenvalue weighted by Gasteiger charge is 2.39. The van der Waals surface area contributed by atoms with E-state index >= 15 is 0 Å². The summed E-state index contributed by atoms with van der Waals surface area (Å²) in [5.74, 6) is 1.71. The molecule has 4 rings (SSSR count). The first-order valence-electron chi connectivity index (χ1n) is 8.77. The van der Waals surface area contributed by atoms with Crippen molar-refractivity contribution < 1.29 is 0 Å². The van der Waals surface area contributed by atoms with Crippen molar-refractivity contribution in [1.82, 2.24) is 10.7 Å². The molecule has 0 radical (unpaired) electrons. The van der Waals surface area contributed by atoms with Crippen molar-refractivity contribution in [2.24, 2.45) is 11.8 Å². The van der Waals surface area contributed by atoms with Crippen LogP contribution in [-0.2, 0) is 0 Å². The average Bonchev–Trinajstić information content (AvgIpc) is 3.24. The number of nitrogens with one attached hydrogen (secondary N) is 2. The van der Waals surface area contributed by atoms with Gasteiger partial charge < -0.3 is 5.32 Å². The topological polar surface area (TPSA) is 27.3 Å². The molecule has 4 heteroatoms. The van der Waals surface area contributed by atoms with Crippen LogP contribution in [0.2, 0.25) is 0 Å². The number of thiocarbonyl (C=S) groups is 1. The van der Waals surface area contributed by atoms with Crippen molar-refractivity contribution in [2.75, 3.05) is 5.01 Å². The second-order valence-corrected chi connectivity index (χ2v) is 7.28. The highest BCUT2D eigenvalue weighted by atomic mass is 32.1. The van der Waals surface area contributed by atoms with Gasteiger partial charge in [-0.3, -0.25) is 10.4 Å². The van der Waals surface area contributed by atoms with Gasteiger partial charge in [0, 0.05) is 6.04 Å². The van der Waals surface area contributed by atoms with Gasteiger partial charge >= 0.3 is 0 Å². The summed E-state index contributed by atoms with van der Waals surface area (Å²) in [5.41, 5.74) is 5.53. The van der Waals surface area contributed by atoms with Gasteiger partial charge in [-0.05, 0) is 67.6 Å². The Morgan fingerprint density at radius 2 is 1.50 bits per heavy atom. The molecular formula is C20H23N3S. The molecule has 2 bridgehead atoms. The molecule has 0 unspecified atom stereocenters. The SMILES string of the molecule is S=C(N[C@H]1C[C@@H]2CC[C@H]1C2)NN(c1ccccc1)c1ccccc1. The van der Waals surface area contributed by atoms with Crippen molar-refractivity contribution in [3.63, 3.8) is 0 Å². The van der Waals surface area contributed by atoms with E-state index in [0.717, 1.165) is 23.2 Å². The summed E-state index contributed by atoms with van der Waals surface area (Å²) < 4.78 is 0. The fourth-order valence-corrected chi connectivity index (χ4v) is 4.40. The van der Waals surface area contributed by atoms with E-state index in [4.69, 9.17) is 12.2 Å². The van der Waals surface area contributed by atoms with Crippen LogP contribution in [0, 0.1) is 11.8 Å². The predicted molar refractivity (Wildman–Crippen MR) is 103 cm³/mol. The van der Waals surface area contributed by atoms with E-state index in [-0.39, 0.29) is 0 Å². The van der Waals surface area contributed by atoms with E-state index in [2.05, 4.69) is 35.0 Å². The minimum absolute atomic E-state index is 0.539. The molecule has 24 heavy (non-hydrogen) atoms. The Bertz CT molecular complexity index is 649. The Morgan fingerprint density at radius 1 is 0.875 bits per heavy atom. The molecule has 2 aliphatic rings. The molecule has 0 spiro atoms. The van der Waals surface area contributed by atoms with Crippen LogP contribution in [0.4, 0.5) is 11.4 Å². The molecule has 2 N–H and O–H groups in total. The van der Waals surface area contributed by atoms with E-state index in [9.17, 15) is 0 Å². The molecule has 0 saturated heterocycles. The molecule has 2 aromatic rings. The van der Waals surface area contributed by atoms with Crippen LogP contribution in [0.3, 0.4) is 0 Å². The maximum absolute atomic E-state index is 5.62. The molecule has 2 saturated carbocycles. The number of fused-ring (bicyclic) bond motifs is 2. The fraction of sp³-hybridized carbons (Fsp3) is 0.350. The summed E-state index contributed by atoms with van der Waals surface area (Å²) in [6.45, 7) is 0. The summed E-state index contributed by atoms with van der Waals surface area (Å²) >= 11 is 5.62. The first kappa shape index (κ1) is 15.5. The lowest BCUT2D eigenvalue weighted by atomic mass is 9.96. The lowest BCUT2D eigenvalue weighted by molar-refractivity contribution is 0.389. The van der Waals surface area contributed by atoms with E-state index in [1.165, 1.54) is 25.7 Å². The van der Waals surface area contributed by atoms with Crippen LogP contribution < -0.4 is 15.8 Å². The predicted octanol–water partition coefficient (Wildman–Crippen LogP) is 4.39. The second kappa shape index (κ2) is 6.81. The van der Waals surface area contributed by atoms with E-state index in [1.54, 1.807) is 0 Å². The highest BCUT2D eigenvalue weighted by Crippen LogP contribution is 2.44. The summed E-state index contributed by atoms with van der Waals surface area (Å²) in [6, 6.07) is 21.1. The summed E-state index contributed by atoms with van der Waals surface area (Å²) in [4.78, 5) is 0. The monoisotopic (exact) mass is 337 g/mol. The third-order valence-corrected chi connectivity index (χ3v) is 5.51. The number of anilines is 2. The first-order valence-corrected chi connectivity index (χ1v) is 9.18. The Morgan fingerprint density at radius 3 is 2.00 bits per heavy atom. The molecule has 0 aliphatic heterocycles. The smallest absolute Gasteiger partial charge is 0.185 e. The second-order valence-electron chi connectivity index (χ2n) is 6.87. The number of para-hydroxylation sites is 2. The molecule has 124 valence electrons. The Kier molecular flexibility index (Phi) is 4.39. The minimum Gasteiger partial charge on any atom is -0.358 e. The third kappa shape index (κ3) is 3.24. The number of hydrogen-bond acceptors (Lipinski definition) is 2. The molecule has 0 amide bonds. The standard InChI is InChI=1S/C20H23N3S/c24-20(21-19-14-15-11-12-16(19)13-15)22-23(17-7-3-1-4-8-17)18-9-5-2-6-10-18/h1-10,15-16,19H,11-14H2,(H2,21,22,24)/t15-,16+,19+/m1/s1. The largest absolute Gasteiger partial charge is 0.358 e. The summed E-state index contributed by atoms with van der Waals surface area (Å²) in [5, 5.41) is 6.31. The molecule has 2 fully saturated rings. The quantitative estimate of drug-likeness (QED) is 0.639. The van der Waals surface area contributed by atoms with Crippen molar-refractivity contribution in [3.05, 3.63) is 60.7 Å². The van der Waals surface area contributed by atoms with E-state index in [1.807, 2.05) is 41.4 Å². The minimum atomic E-state index is 0.539. The first-order chi connectivity index (χ1) is 11.8. The molecule has 0 heterocycles. The van der Waals surface area contributed by atoms with Crippen LogP contribution in [0.1, 0.15) is 25.7 Å². The zero-order valence-electron chi connectivity index (χ0n) is 13.7. The Hall–Kier alpha value is -2.07. The Labute approximate surface area is 149 Å². The maximum Gasteiger partial charge on any atom is 0.185 e. The summed E-state index contributed by atoms with van der Waals surface area (Å²) in [6.07, 6.45) is 5.40. The van der Waals surface area contributed by atoms with Crippen molar-refractivity contribution >= 4 is 28.7 Å². The maximum atomic E-state index is 5.62. The van der Waals surface area contributed by atoms with Gasteiger partial charge in [-0.15, -0.1) is 0 Å². The van der Waals surface area contributed by atoms with Crippen molar-refractivity contribution in [3.8, 4) is 0 Å². The van der Waals surface area contributed by atoms with Gasteiger partial charge in [-0.25, -0.2) is 0 Å². The van der Waals surface area contributed by atoms with Crippen LogP contribution in [0.15, 0.2) is 60.7 Å². The van der Waals surface area contributed by atoms with E-state index < -0.39 is 0 Å². The van der Waals surface area contributed by atoms with Gasteiger partial charge in [0.1, 0.15) is 0 Å². The molecular weight excluding hydrogens is 314 g/mol. The van der Waals surface area contributed by atoms with Gasteiger partial charge in [0.15, 0.2) is 5.11 Å². The summed E-state index contributed by atoms with van der Waals surface area (Å²) in [7, 11) is 0. The fourth-order valence-electron chi connectivity index (χ4n) is 4.16. The molecule has 3 nitrogen and oxygen atoms in total. The molecule has 2 aromatic carbocycles. The van der Waals surface area contributed by atoms with Crippen LogP contribution >= 0.6 is 12.2 Å². The lowest BCUT2D eigenvalue weighted by Crippen LogP contribution is -2.49. The van der Waals surface area contributed by atoms with Crippen molar-refractivity contribution in [1.29, 1.82) is 0 Å². The van der Waals surface area contributed by atoms with Crippen molar-refractivity contribution in [2.45, 2.75) is 31.7 Å². The molecule has 3 atom stereocenters. The molecule has 2 aliphatic carbocycles. The lowest BCUT2D eigenvalue weighted by Gasteiger charge is -2.30. The number of rotatable bonds is 4. The number of nitrogens with zero attached hydrogens (tertiary/aromatic N) is 1. The number of hydrazine groups is 1. The third-order valence-electron chi connectivity index (χ3n) is 5.30. The molecule has 0 aromatic heterocycles.